The van der Waals surface area contributed by atoms with Crippen LogP contribution in [0.25, 0.3) is 0 Å². The molecule has 0 radical (unpaired) electrons. The Hall–Kier alpha value is -2.38. The van der Waals surface area contributed by atoms with E-state index < -0.39 is 17.5 Å². The summed E-state index contributed by atoms with van der Waals surface area (Å²) in [5.74, 6) is 5.11. The van der Waals surface area contributed by atoms with Crippen LogP contribution in [-0.4, -0.2) is 32.0 Å². The van der Waals surface area contributed by atoms with Crippen LogP contribution >= 0.6 is 11.6 Å². The molecule has 7 nitrogen and oxygen atoms in total. The summed E-state index contributed by atoms with van der Waals surface area (Å²) in [6, 6.07) is 8.58. The lowest BCUT2D eigenvalue weighted by molar-refractivity contribution is -0.140. The third-order valence-electron chi connectivity index (χ3n) is 3.49. The van der Waals surface area contributed by atoms with Crippen LogP contribution in [0, 0.1) is 0 Å². The van der Waals surface area contributed by atoms with Crippen LogP contribution in [0.1, 0.15) is 22.8 Å². The van der Waals surface area contributed by atoms with Crippen molar-refractivity contribution in [1.29, 1.82) is 0 Å². The van der Waals surface area contributed by atoms with Crippen molar-refractivity contribution in [2.75, 3.05) is 0 Å². The lowest BCUT2D eigenvalue weighted by Crippen LogP contribution is -2.33. The molecule has 0 saturated heterocycles. The van der Waals surface area contributed by atoms with Gasteiger partial charge in [-0.05, 0) is 5.56 Å². The predicted molar refractivity (Wildman–Crippen MR) is 81.8 cm³/mol. The first-order chi connectivity index (χ1) is 10.6. The minimum atomic E-state index is -0.958. The normalized spacial score (nSPS) is 18.1. The summed E-state index contributed by atoms with van der Waals surface area (Å²) in [6.45, 7) is 0. The van der Waals surface area contributed by atoms with Gasteiger partial charge in [0.25, 0.3) is 0 Å². The number of carboxylic acid groups (broad SMARTS) is 1. The molecule has 0 amide bonds. The van der Waals surface area contributed by atoms with Crippen molar-refractivity contribution >= 4 is 29.7 Å². The van der Waals surface area contributed by atoms with Gasteiger partial charge in [0.2, 0.25) is 0 Å². The fourth-order valence-corrected chi connectivity index (χ4v) is 2.57. The molecule has 114 valence electrons. The second-order valence-corrected chi connectivity index (χ2v) is 5.35. The third-order valence-corrected chi connectivity index (χ3v) is 3.92. The summed E-state index contributed by atoms with van der Waals surface area (Å²) in [5.41, 5.74) is 0.700. The van der Waals surface area contributed by atoms with E-state index in [1.165, 1.54) is 22.2 Å². The van der Waals surface area contributed by atoms with Gasteiger partial charge in [0.05, 0.1) is 6.33 Å². The molecule has 22 heavy (non-hydrogen) atoms. The second-order valence-electron chi connectivity index (χ2n) is 4.93. The van der Waals surface area contributed by atoms with Crippen LogP contribution in [0.5, 0.6) is 0 Å². The maximum absolute atomic E-state index is 11.7. The molecule has 3 rings (SSSR count). The van der Waals surface area contributed by atoms with E-state index in [2.05, 4.69) is 9.98 Å². The SMILES string of the molecule is NN1C=Nc2c(ncn2C(Cc2ccccc2)C(=O)O)C1Cl. The molecule has 1 aromatic carbocycles. The van der Waals surface area contributed by atoms with E-state index in [1.54, 1.807) is 0 Å². The number of aliphatic imine (C=N–C) groups is 1. The molecule has 0 spiro atoms. The Bertz CT molecular complexity index is 715. The summed E-state index contributed by atoms with van der Waals surface area (Å²) >= 11 is 6.14. The molecule has 2 unspecified atom stereocenters. The first kappa shape index (κ1) is 14.6. The summed E-state index contributed by atoms with van der Waals surface area (Å²) in [5, 5.41) is 10.8. The molecular weight excluding hydrogens is 306 g/mol. The monoisotopic (exact) mass is 319 g/mol. The van der Waals surface area contributed by atoms with Crippen molar-refractivity contribution in [3.05, 3.63) is 47.9 Å². The fourth-order valence-electron chi connectivity index (χ4n) is 2.36. The molecule has 3 N–H and O–H groups in total. The number of benzene rings is 1. The summed E-state index contributed by atoms with van der Waals surface area (Å²) < 4.78 is 1.52. The molecule has 1 aromatic heterocycles. The number of alkyl halides is 1. The van der Waals surface area contributed by atoms with E-state index in [0.717, 1.165) is 5.56 Å². The molecule has 8 heteroatoms. The van der Waals surface area contributed by atoms with Gasteiger partial charge in [0.1, 0.15) is 18.1 Å². The van der Waals surface area contributed by atoms with E-state index in [9.17, 15) is 9.90 Å². The van der Waals surface area contributed by atoms with Gasteiger partial charge in [-0.25, -0.2) is 20.6 Å². The average molecular weight is 320 g/mol. The summed E-state index contributed by atoms with van der Waals surface area (Å²) in [6.07, 6.45) is 3.13. The highest BCUT2D eigenvalue weighted by molar-refractivity contribution is 6.21. The number of rotatable bonds is 4. The van der Waals surface area contributed by atoms with Gasteiger partial charge in [0.15, 0.2) is 11.3 Å². The maximum atomic E-state index is 11.7. The maximum Gasteiger partial charge on any atom is 0.327 e. The zero-order valence-corrected chi connectivity index (χ0v) is 12.3. The zero-order chi connectivity index (χ0) is 15.7. The van der Waals surface area contributed by atoms with Gasteiger partial charge in [-0.2, -0.15) is 0 Å². The Morgan fingerprint density at radius 2 is 2.14 bits per heavy atom. The van der Waals surface area contributed by atoms with Crippen molar-refractivity contribution in [2.24, 2.45) is 10.8 Å². The molecule has 2 atom stereocenters. The quantitative estimate of drug-likeness (QED) is 0.509. The Kier molecular flexibility index (Phi) is 3.82. The number of hydrogen-bond donors (Lipinski definition) is 2. The molecule has 2 heterocycles. The van der Waals surface area contributed by atoms with Crippen LogP contribution in [0.3, 0.4) is 0 Å². The van der Waals surface area contributed by atoms with Crippen LogP contribution < -0.4 is 5.84 Å². The predicted octanol–water partition coefficient (Wildman–Crippen LogP) is 1.84. The van der Waals surface area contributed by atoms with E-state index >= 15 is 0 Å². The fraction of sp³-hybridized carbons (Fsp3) is 0.214. The minimum Gasteiger partial charge on any atom is -0.480 e. The Balaban J connectivity index is 1.97. The molecule has 1 aliphatic rings. The number of carboxylic acids is 1. The van der Waals surface area contributed by atoms with Crippen molar-refractivity contribution in [3.63, 3.8) is 0 Å². The number of hydrogen-bond acceptors (Lipinski definition) is 5. The highest BCUT2D eigenvalue weighted by Crippen LogP contribution is 2.35. The van der Waals surface area contributed by atoms with Crippen LogP contribution in [0.15, 0.2) is 41.7 Å². The molecule has 2 aromatic rings. The third kappa shape index (κ3) is 2.56. The number of fused-ring (bicyclic) bond motifs is 1. The Morgan fingerprint density at radius 1 is 1.41 bits per heavy atom. The van der Waals surface area contributed by atoms with Gasteiger partial charge < -0.3 is 9.67 Å². The van der Waals surface area contributed by atoms with Gasteiger partial charge in [-0.15, -0.1) is 0 Å². The topological polar surface area (TPSA) is 96.7 Å². The van der Waals surface area contributed by atoms with Crippen LogP contribution in [0.4, 0.5) is 5.82 Å². The van der Waals surface area contributed by atoms with Gasteiger partial charge in [-0.1, -0.05) is 41.9 Å². The van der Waals surface area contributed by atoms with E-state index in [0.29, 0.717) is 17.9 Å². The average Bonchev–Trinajstić information content (AvgIpc) is 2.93. The first-order valence-corrected chi connectivity index (χ1v) is 7.06. The van der Waals surface area contributed by atoms with Crippen molar-refractivity contribution < 1.29 is 9.90 Å². The number of imidazole rings is 1. The second kappa shape index (κ2) is 5.78. The summed E-state index contributed by atoms with van der Waals surface area (Å²) in [4.78, 5) is 20.0. The van der Waals surface area contributed by atoms with Crippen molar-refractivity contribution in [1.82, 2.24) is 14.6 Å². The standard InChI is InChI=1S/C14H14ClN5O2/c15-12-11-13(18-8-20(12)16)19(7-17-11)10(14(21)22)6-9-4-2-1-3-5-9/h1-5,7-8,10,12H,6,16H2,(H,21,22). The van der Waals surface area contributed by atoms with E-state index in [-0.39, 0.29) is 0 Å². The highest BCUT2D eigenvalue weighted by atomic mass is 35.5. The van der Waals surface area contributed by atoms with Gasteiger partial charge in [-0.3, -0.25) is 5.01 Å². The molecule has 0 bridgehead atoms. The van der Waals surface area contributed by atoms with Gasteiger partial charge in [0, 0.05) is 6.42 Å². The van der Waals surface area contributed by atoms with Crippen LogP contribution in [0.2, 0.25) is 0 Å². The largest absolute Gasteiger partial charge is 0.480 e. The first-order valence-electron chi connectivity index (χ1n) is 6.62. The van der Waals surface area contributed by atoms with E-state index in [1.807, 2.05) is 30.3 Å². The Labute approximate surface area is 131 Å². The number of carbonyl (C=O) groups is 1. The van der Waals surface area contributed by atoms with Crippen molar-refractivity contribution in [3.8, 4) is 0 Å². The Morgan fingerprint density at radius 3 is 2.82 bits per heavy atom. The summed E-state index contributed by atoms with van der Waals surface area (Å²) in [7, 11) is 0. The lowest BCUT2D eigenvalue weighted by atomic mass is 10.1. The van der Waals surface area contributed by atoms with Crippen LogP contribution in [-0.2, 0) is 11.2 Å². The number of aromatic nitrogens is 2. The highest BCUT2D eigenvalue weighted by Gasteiger charge is 2.30. The molecule has 0 fully saturated rings. The number of nitrogens with two attached hydrogens (primary N) is 1. The number of halogens is 1. The lowest BCUT2D eigenvalue weighted by Gasteiger charge is -2.23. The van der Waals surface area contributed by atoms with Crippen molar-refractivity contribution in [2.45, 2.75) is 18.0 Å². The minimum absolute atomic E-state index is 0.327. The smallest absolute Gasteiger partial charge is 0.327 e. The molecular formula is C14H14ClN5O2. The number of aliphatic carboxylic acids is 1. The van der Waals surface area contributed by atoms with E-state index in [4.69, 9.17) is 17.4 Å². The molecule has 0 saturated carbocycles. The number of nitrogens with zero attached hydrogens (tertiary/aromatic N) is 4. The van der Waals surface area contributed by atoms with Gasteiger partial charge >= 0.3 is 5.97 Å². The number of hydrazine groups is 1. The molecule has 0 aliphatic carbocycles. The zero-order valence-electron chi connectivity index (χ0n) is 11.5. The molecule has 1 aliphatic heterocycles.